The number of Topliss-reactive ketones (excluding diaryl/α,β-unsaturated/α-hetero) is 1. The van der Waals surface area contributed by atoms with Gasteiger partial charge in [0.2, 0.25) is 0 Å². The van der Waals surface area contributed by atoms with Crippen molar-refractivity contribution in [3.63, 3.8) is 0 Å². The highest BCUT2D eigenvalue weighted by Crippen LogP contribution is 2.29. The Kier molecular flexibility index (Phi) is 2.38. The molecule has 1 aromatic heterocycles. The van der Waals surface area contributed by atoms with Gasteiger partial charge in [0.1, 0.15) is 5.82 Å². The normalized spacial score (nSPS) is 10.9. The first-order chi connectivity index (χ1) is 7.00. The Hall–Kier alpha value is -1.16. The van der Waals surface area contributed by atoms with Gasteiger partial charge in [0.05, 0.1) is 5.52 Å². The number of carbonyl (C=O) groups is 1. The van der Waals surface area contributed by atoms with E-state index in [-0.39, 0.29) is 11.6 Å². The van der Waals surface area contributed by atoms with Crippen molar-refractivity contribution in [1.82, 2.24) is 4.98 Å². The Labute approximate surface area is 94.6 Å². The van der Waals surface area contributed by atoms with E-state index < -0.39 is 0 Å². The summed E-state index contributed by atoms with van der Waals surface area (Å²) in [6.45, 7) is 3.29. The van der Waals surface area contributed by atoms with Gasteiger partial charge in [-0.25, -0.2) is 4.39 Å². The Morgan fingerprint density at radius 2 is 2.13 bits per heavy atom. The van der Waals surface area contributed by atoms with Crippen molar-refractivity contribution < 1.29 is 9.18 Å². The van der Waals surface area contributed by atoms with Gasteiger partial charge in [0.25, 0.3) is 0 Å². The standard InChI is InChI=1S/C11H9BrFNO/c1-5-10(6(2)15)8-3-7(13)4-9(12)11(8)14-5/h3-4,14H,1-2H3. The maximum Gasteiger partial charge on any atom is 0.162 e. The van der Waals surface area contributed by atoms with Crippen LogP contribution in [0.25, 0.3) is 10.9 Å². The number of fused-ring (bicyclic) bond motifs is 1. The van der Waals surface area contributed by atoms with Crippen LogP contribution in [-0.2, 0) is 0 Å². The van der Waals surface area contributed by atoms with Crippen LogP contribution in [-0.4, -0.2) is 10.8 Å². The number of nitrogens with one attached hydrogen (secondary N) is 1. The largest absolute Gasteiger partial charge is 0.357 e. The first kappa shape index (κ1) is 10.4. The number of rotatable bonds is 1. The zero-order chi connectivity index (χ0) is 11.2. The van der Waals surface area contributed by atoms with Gasteiger partial charge in [0.15, 0.2) is 5.78 Å². The molecule has 0 unspecified atom stereocenters. The molecule has 15 heavy (non-hydrogen) atoms. The van der Waals surface area contributed by atoms with Gasteiger partial charge in [-0.05, 0) is 41.9 Å². The van der Waals surface area contributed by atoms with Crippen molar-refractivity contribution in [1.29, 1.82) is 0 Å². The van der Waals surface area contributed by atoms with Crippen LogP contribution >= 0.6 is 15.9 Å². The lowest BCUT2D eigenvalue weighted by Gasteiger charge is -1.97. The summed E-state index contributed by atoms with van der Waals surface area (Å²) in [6, 6.07) is 2.75. The van der Waals surface area contributed by atoms with E-state index in [9.17, 15) is 9.18 Å². The quantitative estimate of drug-likeness (QED) is 0.789. The van der Waals surface area contributed by atoms with Crippen LogP contribution in [0.5, 0.6) is 0 Å². The van der Waals surface area contributed by atoms with Crippen molar-refractivity contribution in [3.8, 4) is 0 Å². The van der Waals surface area contributed by atoms with E-state index in [2.05, 4.69) is 20.9 Å². The smallest absolute Gasteiger partial charge is 0.162 e. The molecule has 1 N–H and O–H groups in total. The average Bonchev–Trinajstić information content (AvgIpc) is 2.41. The molecular weight excluding hydrogens is 261 g/mol. The van der Waals surface area contributed by atoms with Crippen LogP contribution < -0.4 is 0 Å². The van der Waals surface area contributed by atoms with Gasteiger partial charge in [-0.2, -0.15) is 0 Å². The molecule has 1 heterocycles. The molecule has 0 aliphatic heterocycles. The summed E-state index contributed by atoms with van der Waals surface area (Å²) in [5.74, 6) is -0.410. The SMILES string of the molecule is CC(=O)c1c(C)[nH]c2c(Br)cc(F)cc12. The van der Waals surface area contributed by atoms with Gasteiger partial charge in [-0.15, -0.1) is 0 Å². The summed E-state index contributed by atoms with van der Waals surface area (Å²) >= 11 is 3.26. The number of hydrogen-bond acceptors (Lipinski definition) is 1. The first-order valence-corrected chi connectivity index (χ1v) is 5.28. The third-order valence-electron chi connectivity index (χ3n) is 2.36. The van der Waals surface area contributed by atoms with E-state index in [1.54, 1.807) is 6.92 Å². The minimum atomic E-state index is -0.351. The highest BCUT2D eigenvalue weighted by Gasteiger charge is 2.15. The third kappa shape index (κ3) is 1.59. The van der Waals surface area contributed by atoms with Crippen LogP contribution in [0, 0.1) is 12.7 Å². The number of aromatic nitrogens is 1. The third-order valence-corrected chi connectivity index (χ3v) is 2.99. The lowest BCUT2D eigenvalue weighted by molar-refractivity contribution is 0.101. The van der Waals surface area contributed by atoms with Crippen molar-refractivity contribution in [2.24, 2.45) is 0 Å². The van der Waals surface area contributed by atoms with E-state index in [1.807, 2.05) is 0 Å². The van der Waals surface area contributed by atoms with Crippen LogP contribution in [0.2, 0.25) is 0 Å². The molecule has 0 saturated heterocycles. The minimum Gasteiger partial charge on any atom is -0.357 e. The van der Waals surface area contributed by atoms with Gasteiger partial charge in [0, 0.05) is 21.1 Å². The van der Waals surface area contributed by atoms with Crippen molar-refractivity contribution in [2.75, 3.05) is 0 Å². The Morgan fingerprint density at radius 1 is 1.47 bits per heavy atom. The van der Waals surface area contributed by atoms with Crippen LogP contribution in [0.15, 0.2) is 16.6 Å². The lowest BCUT2D eigenvalue weighted by atomic mass is 10.1. The second-order valence-corrected chi connectivity index (χ2v) is 4.35. The number of halogens is 2. The Balaban J connectivity index is 2.93. The molecule has 0 aliphatic rings. The number of aryl methyl sites for hydroxylation is 1. The molecule has 78 valence electrons. The maximum absolute atomic E-state index is 13.2. The molecule has 0 aliphatic carbocycles. The molecule has 4 heteroatoms. The average molecular weight is 270 g/mol. The molecule has 0 amide bonds. The number of benzene rings is 1. The second-order valence-electron chi connectivity index (χ2n) is 3.49. The molecular formula is C11H9BrFNO. The molecule has 0 bridgehead atoms. The van der Waals surface area contributed by atoms with E-state index in [0.29, 0.717) is 15.4 Å². The number of ketones is 1. The van der Waals surface area contributed by atoms with Crippen molar-refractivity contribution in [3.05, 3.63) is 33.7 Å². The monoisotopic (exact) mass is 269 g/mol. The molecule has 1 aromatic carbocycles. The number of carbonyl (C=O) groups excluding carboxylic acids is 1. The van der Waals surface area contributed by atoms with Gasteiger partial charge < -0.3 is 4.98 Å². The predicted octanol–water partition coefficient (Wildman–Crippen LogP) is 3.58. The summed E-state index contributed by atoms with van der Waals surface area (Å²) in [6.07, 6.45) is 0. The molecule has 0 radical (unpaired) electrons. The summed E-state index contributed by atoms with van der Waals surface area (Å²) in [5.41, 5.74) is 2.09. The molecule has 2 aromatic rings. The van der Waals surface area contributed by atoms with Crippen LogP contribution in [0.1, 0.15) is 23.0 Å². The van der Waals surface area contributed by atoms with E-state index in [1.165, 1.54) is 19.1 Å². The van der Waals surface area contributed by atoms with Gasteiger partial charge in [-0.1, -0.05) is 0 Å². The fourth-order valence-corrected chi connectivity index (χ4v) is 2.33. The molecule has 0 fully saturated rings. The van der Waals surface area contributed by atoms with E-state index >= 15 is 0 Å². The summed E-state index contributed by atoms with van der Waals surface area (Å²) in [4.78, 5) is 14.5. The fourth-order valence-electron chi connectivity index (χ4n) is 1.80. The Morgan fingerprint density at radius 3 is 2.73 bits per heavy atom. The zero-order valence-electron chi connectivity index (χ0n) is 8.32. The fraction of sp³-hybridized carbons (Fsp3) is 0.182. The summed E-state index contributed by atoms with van der Waals surface area (Å²) < 4.78 is 13.8. The summed E-state index contributed by atoms with van der Waals surface area (Å²) in [5, 5.41) is 0.631. The first-order valence-electron chi connectivity index (χ1n) is 4.49. The molecule has 0 atom stereocenters. The topological polar surface area (TPSA) is 32.9 Å². The summed E-state index contributed by atoms with van der Waals surface area (Å²) in [7, 11) is 0. The molecule has 0 saturated carbocycles. The lowest BCUT2D eigenvalue weighted by Crippen LogP contribution is -1.92. The van der Waals surface area contributed by atoms with Crippen LogP contribution in [0.4, 0.5) is 4.39 Å². The van der Waals surface area contributed by atoms with Crippen LogP contribution in [0.3, 0.4) is 0 Å². The maximum atomic E-state index is 13.2. The highest BCUT2D eigenvalue weighted by atomic mass is 79.9. The second kappa shape index (κ2) is 3.45. The zero-order valence-corrected chi connectivity index (χ0v) is 9.90. The highest BCUT2D eigenvalue weighted by molar-refractivity contribution is 9.10. The van der Waals surface area contributed by atoms with Crippen molar-refractivity contribution >= 4 is 32.6 Å². The number of aromatic amines is 1. The number of H-pyrrole nitrogens is 1. The van der Waals surface area contributed by atoms with Gasteiger partial charge >= 0.3 is 0 Å². The Bertz CT molecular complexity index is 559. The van der Waals surface area contributed by atoms with E-state index in [0.717, 1.165) is 11.2 Å². The molecule has 0 spiro atoms. The predicted molar refractivity (Wildman–Crippen MR) is 60.7 cm³/mol. The molecule has 2 nitrogen and oxygen atoms in total. The number of hydrogen-bond donors (Lipinski definition) is 1. The van der Waals surface area contributed by atoms with E-state index in [4.69, 9.17) is 0 Å². The minimum absolute atomic E-state index is 0.0590. The van der Waals surface area contributed by atoms with Gasteiger partial charge in [-0.3, -0.25) is 4.79 Å². The molecule has 2 rings (SSSR count). The van der Waals surface area contributed by atoms with Crippen molar-refractivity contribution in [2.45, 2.75) is 13.8 Å².